The summed E-state index contributed by atoms with van der Waals surface area (Å²) in [6.45, 7) is 1.71. The first-order valence-corrected chi connectivity index (χ1v) is 5.51. The minimum absolute atomic E-state index is 0.129. The van der Waals surface area contributed by atoms with Crippen LogP contribution in [0.3, 0.4) is 0 Å². The zero-order valence-electron chi connectivity index (χ0n) is 10.7. The largest absolute Gasteiger partial charge is 0.506 e. The predicted octanol–water partition coefficient (Wildman–Crippen LogP) is 1.76. The number of ether oxygens (including phenoxy) is 2. The van der Waals surface area contributed by atoms with Crippen LogP contribution in [0.25, 0.3) is 10.9 Å². The maximum atomic E-state index is 11.6. The van der Waals surface area contributed by atoms with Gasteiger partial charge in [-0.3, -0.25) is 0 Å². The molecule has 1 aromatic heterocycles. The Morgan fingerprint density at radius 3 is 2.37 bits per heavy atom. The van der Waals surface area contributed by atoms with Crippen molar-refractivity contribution in [3.63, 3.8) is 0 Å². The van der Waals surface area contributed by atoms with Crippen LogP contribution in [-0.2, 0) is 9.47 Å². The third-order valence-electron chi connectivity index (χ3n) is 2.97. The van der Waals surface area contributed by atoms with Gasteiger partial charge in [-0.15, -0.1) is 0 Å². The minimum Gasteiger partial charge on any atom is -0.506 e. The van der Waals surface area contributed by atoms with Crippen LogP contribution >= 0.6 is 0 Å². The van der Waals surface area contributed by atoms with E-state index in [-0.39, 0.29) is 17.0 Å². The molecule has 0 saturated heterocycles. The second-order valence-corrected chi connectivity index (χ2v) is 4.02. The quantitative estimate of drug-likeness (QED) is 0.806. The van der Waals surface area contributed by atoms with Gasteiger partial charge in [-0.2, -0.15) is 0 Å². The van der Waals surface area contributed by atoms with Gasteiger partial charge < -0.3 is 19.6 Å². The lowest BCUT2D eigenvalue weighted by atomic mass is 10.0. The average molecular weight is 263 g/mol. The van der Waals surface area contributed by atoms with Gasteiger partial charge in [0.25, 0.3) is 0 Å². The normalized spacial score (nSPS) is 10.5. The van der Waals surface area contributed by atoms with E-state index < -0.39 is 11.9 Å². The van der Waals surface area contributed by atoms with Gasteiger partial charge in [-0.1, -0.05) is 0 Å². The lowest BCUT2D eigenvalue weighted by Gasteiger charge is -2.06. The summed E-state index contributed by atoms with van der Waals surface area (Å²) >= 11 is 0. The summed E-state index contributed by atoms with van der Waals surface area (Å²) in [7, 11) is 2.53. The van der Waals surface area contributed by atoms with E-state index in [1.807, 2.05) is 0 Å². The van der Waals surface area contributed by atoms with Crippen LogP contribution in [0, 0.1) is 6.92 Å². The Morgan fingerprint density at radius 2 is 1.79 bits per heavy atom. The zero-order chi connectivity index (χ0) is 14.2. The number of aromatic amines is 1. The maximum Gasteiger partial charge on any atom is 0.354 e. The van der Waals surface area contributed by atoms with Crippen molar-refractivity contribution in [2.45, 2.75) is 6.92 Å². The summed E-state index contributed by atoms with van der Waals surface area (Å²) < 4.78 is 9.25. The first-order valence-electron chi connectivity index (χ1n) is 5.51. The average Bonchev–Trinajstić information content (AvgIpc) is 2.87. The number of aromatic hydroxyl groups is 1. The number of carbonyl (C=O) groups excluding carboxylic acids is 2. The predicted molar refractivity (Wildman–Crippen MR) is 67.4 cm³/mol. The van der Waals surface area contributed by atoms with Crippen molar-refractivity contribution in [1.82, 2.24) is 4.98 Å². The number of hydrogen-bond acceptors (Lipinski definition) is 5. The van der Waals surface area contributed by atoms with E-state index in [9.17, 15) is 14.7 Å². The van der Waals surface area contributed by atoms with Crippen molar-refractivity contribution < 1.29 is 24.2 Å². The molecule has 6 nitrogen and oxygen atoms in total. The molecule has 0 atom stereocenters. The van der Waals surface area contributed by atoms with Crippen molar-refractivity contribution in [3.8, 4) is 5.75 Å². The second-order valence-electron chi connectivity index (χ2n) is 4.02. The van der Waals surface area contributed by atoms with Crippen molar-refractivity contribution in [1.29, 1.82) is 0 Å². The Hall–Kier alpha value is -2.50. The highest BCUT2D eigenvalue weighted by Crippen LogP contribution is 2.31. The van der Waals surface area contributed by atoms with Crippen LogP contribution in [0.4, 0.5) is 0 Å². The second kappa shape index (κ2) is 4.64. The smallest absolute Gasteiger partial charge is 0.354 e. The summed E-state index contributed by atoms with van der Waals surface area (Å²) in [5, 5.41) is 10.5. The zero-order valence-corrected chi connectivity index (χ0v) is 10.7. The van der Waals surface area contributed by atoms with Gasteiger partial charge in [0.2, 0.25) is 0 Å². The molecule has 0 aliphatic carbocycles. The molecule has 0 aliphatic heterocycles. The van der Waals surface area contributed by atoms with Crippen LogP contribution in [-0.4, -0.2) is 36.2 Å². The Balaban J connectivity index is 2.71. The standard InChI is InChI=1S/C13H13NO5/c1-6-7-4-9(13(17)19-3)14-11(7)10(15)5-8(6)12(16)18-2/h4-5,14-15H,1-3H3. The molecule has 0 unspecified atom stereocenters. The topological polar surface area (TPSA) is 88.6 Å². The Kier molecular flexibility index (Phi) is 3.16. The highest BCUT2D eigenvalue weighted by Gasteiger charge is 2.19. The van der Waals surface area contributed by atoms with E-state index >= 15 is 0 Å². The summed E-state index contributed by atoms with van der Waals surface area (Å²) in [4.78, 5) is 25.8. The molecule has 1 aromatic carbocycles. The number of esters is 2. The van der Waals surface area contributed by atoms with E-state index in [4.69, 9.17) is 0 Å². The van der Waals surface area contributed by atoms with E-state index in [2.05, 4.69) is 14.5 Å². The van der Waals surface area contributed by atoms with E-state index in [1.54, 1.807) is 6.92 Å². The molecule has 6 heteroatoms. The number of aromatic nitrogens is 1. The summed E-state index contributed by atoms with van der Waals surface area (Å²) in [6, 6.07) is 2.84. The van der Waals surface area contributed by atoms with Gasteiger partial charge in [-0.05, 0) is 24.6 Å². The molecule has 0 saturated carbocycles. The lowest BCUT2D eigenvalue weighted by Crippen LogP contribution is -2.03. The molecule has 0 amide bonds. The molecule has 0 radical (unpaired) electrons. The number of fused-ring (bicyclic) bond motifs is 1. The van der Waals surface area contributed by atoms with Gasteiger partial charge >= 0.3 is 11.9 Å². The number of phenols is 1. The summed E-state index contributed by atoms with van der Waals surface area (Å²) in [6.07, 6.45) is 0. The van der Waals surface area contributed by atoms with Gasteiger partial charge in [0, 0.05) is 5.39 Å². The van der Waals surface area contributed by atoms with Crippen LogP contribution in [0.15, 0.2) is 12.1 Å². The number of methoxy groups -OCH3 is 2. The molecule has 0 bridgehead atoms. The number of hydrogen-bond donors (Lipinski definition) is 2. The minimum atomic E-state index is -0.547. The fraction of sp³-hybridized carbons (Fsp3) is 0.231. The number of benzene rings is 1. The molecule has 1 heterocycles. The first kappa shape index (κ1) is 12.9. The van der Waals surface area contributed by atoms with Gasteiger partial charge in [-0.25, -0.2) is 9.59 Å². The molecule has 0 fully saturated rings. The molecular formula is C13H13NO5. The Morgan fingerprint density at radius 1 is 1.16 bits per heavy atom. The molecule has 100 valence electrons. The van der Waals surface area contributed by atoms with Crippen molar-refractivity contribution in [3.05, 3.63) is 29.0 Å². The van der Waals surface area contributed by atoms with Gasteiger partial charge in [0.05, 0.1) is 25.3 Å². The van der Waals surface area contributed by atoms with Crippen molar-refractivity contribution in [2.24, 2.45) is 0 Å². The number of nitrogens with one attached hydrogen (secondary N) is 1. The summed E-state index contributed by atoms with van der Waals surface area (Å²) in [5.74, 6) is -1.22. The number of phenolic OH excluding ortho intramolecular Hbond substituents is 1. The highest BCUT2D eigenvalue weighted by molar-refractivity contribution is 6.03. The maximum absolute atomic E-state index is 11.6. The Bertz CT molecular complexity index is 671. The lowest BCUT2D eigenvalue weighted by molar-refractivity contribution is 0.0588. The van der Waals surface area contributed by atoms with Crippen LogP contribution < -0.4 is 0 Å². The number of aryl methyl sites for hydroxylation is 1. The molecule has 2 aromatic rings. The Labute approximate surface area is 108 Å². The van der Waals surface area contributed by atoms with E-state index in [0.29, 0.717) is 16.5 Å². The molecule has 0 spiro atoms. The molecular weight excluding hydrogens is 250 g/mol. The first-order chi connectivity index (χ1) is 8.99. The molecule has 0 aliphatic rings. The summed E-state index contributed by atoms with van der Waals surface area (Å²) in [5.41, 5.74) is 1.46. The van der Waals surface area contributed by atoms with Crippen LogP contribution in [0.5, 0.6) is 5.75 Å². The number of rotatable bonds is 2. The molecule has 19 heavy (non-hydrogen) atoms. The highest BCUT2D eigenvalue weighted by atomic mass is 16.5. The molecule has 2 rings (SSSR count). The monoisotopic (exact) mass is 263 g/mol. The van der Waals surface area contributed by atoms with Crippen molar-refractivity contribution >= 4 is 22.8 Å². The number of carbonyl (C=O) groups is 2. The van der Waals surface area contributed by atoms with Gasteiger partial charge in [0.1, 0.15) is 11.4 Å². The van der Waals surface area contributed by atoms with E-state index in [1.165, 1.54) is 26.4 Å². The van der Waals surface area contributed by atoms with Crippen LogP contribution in [0.2, 0.25) is 0 Å². The number of H-pyrrole nitrogens is 1. The fourth-order valence-electron chi connectivity index (χ4n) is 1.96. The fourth-order valence-corrected chi connectivity index (χ4v) is 1.96. The third-order valence-corrected chi connectivity index (χ3v) is 2.97. The third kappa shape index (κ3) is 2.01. The van der Waals surface area contributed by atoms with Crippen LogP contribution in [0.1, 0.15) is 26.4 Å². The van der Waals surface area contributed by atoms with Crippen molar-refractivity contribution in [2.75, 3.05) is 14.2 Å². The van der Waals surface area contributed by atoms with E-state index in [0.717, 1.165) is 0 Å². The molecule has 2 N–H and O–H groups in total. The van der Waals surface area contributed by atoms with Gasteiger partial charge in [0.15, 0.2) is 0 Å². The SMILES string of the molecule is COC(=O)c1cc2c(C)c(C(=O)OC)cc(O)c2[nH]1.